The van der Waals surface area contributed by atoms with Gasteiger partial charge in [-0.3, -0.25) is 9.78 Å². The standard InChI is InChI=1S/C27H31F3N6O/c1-19(33-22-12-10-21(11-13-22)27(28,29)30)36(16-6-15-35(2)3)18-20-9-14-25(32-17-20)26(37)34-24-8-5-4-7-23(24)31/h4-5,7-14,17,33H,1,6,15-16,18,31H2,2-3H3,(H,34,37). The number of nitrogens with zero attached hydrogens (tertiary/aromatic N) is 3. The van der Waals surface area contributed by atoms with Crippen molar-refractivity contribution in [1.82, 2.24) is 14.8 Å². The van der Waals surface area contributed by atoms with Gasteiger partial charge < -0.3 is 26.2 Å². The van der Waals surface area contributed by atoms with Gasteiger partial charge in [0.25, 0.3) is 5.91 Å². The fourth-order valence-electron chi connectivity index (χ4n) is 3.55. The Bertz CT molecular complexity index is 1190. The van der Waals surface area contributed by atoms with E-state index in [1.807, 2.05) is 19.0 Å². The van der Waals surface area contributed by atoms with E-state index < -0.39 is 11.7 Å². The summed E-state index contributed by atoms with van der Waals surface area (Å²) in [6.45, 7) is 6.05. The molecule has 0 saturated heterocycles. The van der Waals surface area contributed by atoms with E-state index >= 15 is 0 Å². The number of hydrogen-bond donors (Lipinski definition) is 3. The van der Waals surface area contributed by atoms with Crippen molar-refractivity contribution in [2.45, 2.75) is 19.1 Å². The molecule has 0 aliphatic heterocycles. The first-order valence-electron chi connectivity index (χ1n) is 11.7. The van der Waals surface area contributed by atoms with Crippen LogP contribution in [0.25, 0.3) is 0 Å². The minimum atomic E-state index is -4.39. The highest BCUT2D eigenvalue weighted by Crippen LogP contribution is 2.30. The Balaban J connectivity index is 1.68. The average Bonchev–Trinajstić information content (AvgIpc) is 2.84. The minimum absolute atomic E-state index is 0.243. The second kappa shape index (κ2) is 12.3. The van der Waals surface area contributed by atoms with Gasteiger partial charge in [0.15, 0.2) is 0 Å². The smallest absolute Gasteiger partial charge is 0.397 e. The van der Waals surface area contributed by atoms with Gasteiger partial charge in [0.05, 0.1) is 22.8 Å². The van der Waals surface area contributed by atoms with Gasteiger partial charge in [-0.1, -0.05) is 24.8 Å². The van der Waals surface area contributed by atoms with E-state index in [2.05, 4.69) is 27.1 Å². The highest BCUT2D eigenvalue weighted by atomic mass is 19.4. The van der Waals surface area contributed by atoms with Crippen LogP contribution >= 0.6 is 0 Å². The van der Waals surface area contributed by atoms with Crippen molar-refractivity contribution >= 4 is 23.0 Å². The van der Waals surface area contributed by atoms with Crippen LogP contribution in [0, 0.1) is 0 Å². The Labute approximate surface area is 214 Å². The zero-order chi connectivity index (χ0) is 27.0. The number of benzene rings is 2. The lowest BCUT2D eigenvalue weighted by Crippen LogP contribution is -2.29. The molecule has 10 heteroatoms. The fourth-order valence-corrected chi connectivity index (χ4v) is 3.55. The largest absolute Gasteiger partial charge is 0.416 e. The molecule has 0 atom stereocenters. The van der Waals surface area contributed by atoms with Crippen LogP contribution in [-0.4, -0.2) is 47.9 Å². The lowest BCUT2D eigenvalue weighted by Gasteiger charge is -2.28. The van der Waals surface area contributed by atoms with E-state index in [0.29, 0.717) is 36.0 Å². The molecule has 0 aliphatic rings. The summed E-state index contributed by atoms with van der Waals surface area (Å²) >= 11 is 0. The van der Waals surface area contributed by atoms with Gasteiger partial charge in [0, 0.05) is 25.0 Å². The molecule has 3 rings (SSSR count). The van der Waals surface area contributed by atoms with Crippen LogP contribution < -0.4 is 16.4 Å². The van der Waals surface area contributed by atoms with Gasteiger partial charge in [-0.2, -0.15) is 13.2 Å². The molecule has 196 valence electrons. The molecule has 0 radical (unpaired) electrons. The number of hydrogen-bond acceptors (Lipinski definition) is 6. The third-order valence-electron chi connectivity index (χ3n) is 5.56. The first-order chi connectivity index (χ1) is 17.5. The molecule has 3 aromatic rings. The second-order valence-corrected chi connectivity index (χ2v) is 8.82. The maximum absolute atomic E-state index is 12.9. The molecule has 7 nitrogen and oxygen atoms in total. The monoisotopic (exact) mass is 512 g/mol. The van der Waals surface area contributed by atoms with E-state index in [1.54, 1.807) is 42.6 Å². The molecule has 0 unspecified atom stereocenters. The van der Waals surface area contributed by atoms with Crippen molar-refractivity contribution in [2.24, 2.45) is 0 Å². The third kappa shape index (κ3) is 8.25. The molecule has 0 spiro atoms. The number of nitrogens with two attached hydrogens (primary N) is 1. The highest BCUT2D eigenvalue weighted by molar-refractivity contribution is 6.04. The second-order valence-electron chi connectivity index (χ2n) is 8.82. The van der Waals surface area contributed by atoms with Crippen molar-refractivity contribution < 1.29 is 18.0 Å². The van der Waals surface area contributed by atoms with Crippen molar-refractivity contribution in [3.8, 4) is 0 Å². The molecule has 2 aromatic carbocycles. The van der Waals surface area contributed by atoms with Crippen LogP contribution in [0.4, 0.5) is 30.2 Å². The first kappa shape index (κ1) is 27.5. The van der Waals surface area contributed by atoms with E-state index in [1.165, 1.54) is 12.1 Å². The zero-order valence-corrected chi connectivity index (χ0v) is 20.8. The van der Waals surface area contributed by atoms with Crippen LogP contribution in [0.15, 0.2) is 79.3 Å². The van der Waals surface area contributed by atoms with E-state index in [4.69, 9.17) is 5.73 Å². The van der Waals surface area contributed by atoms with E-state index in [0.717, 1.165) is 30.7 Å². The van der Waals surface area contributed by atoms with Crippen molar-refractivity contribution in [3.63, 3.8) is 0 Å². The van der Waals surface area contributed by atoms with Crippen molar-refractivity contribution in [1.29, 1.82) is 0 Å². The molecule has 0 bridgehead atoms. The Kier molecular flexibility index (Phi) is 9.13. The van der Waals surface area contributed by atoms with Crippen LogP contribution in [-0.2, 0) is 12.7 Å². The minimum Gasteiger partial charge on any atom is -0.397 e. The summed E-state index contributed by atoms with van der Waals surface area (Å²) in [6.07, 6.45) is -1.93. The van der Waals surface area contributed by atoms with Gasteiger partial charge in [0.1, 0.15) is 5.69 Å². The van der Waals surface area contributed by atoms with Crippen LogP contribution in [0.1, 0.15) is 28.0 Å². The molecule has 1 aromatic heterocycles. The van der Waals surface area contributed by atoms with Gasteiger partial charge in [-0.15, -0.1) is 0 Å². The number of pyridine rings is 1. The summed E-state index contributed by atoms with van der Waals surface area (Å²) in [5.74, 6) is 0.167. The number of nitrogen functional groups attached to an aromatic ring is 1. The van der Waals surface area contributed by atoms with Gasteiger partial charge >= 0.3 is 6.18 Å². The Morgan fingerprint density at radius 3 is 2.30 bits per heavy atom. The molecule has 1 amide bonds. The Hall–Kier alpha value is -4.05. The third-order valence-corrected chi connectivity index (χ3v) is 5.56. The topological polar surface area (TPSA) is 86.5 Å². The summed E-state index contributed by atoms with van der Waals surface area (Å²) < 4.78 is 38.6. The SMILES string of the molecule is C=C(Nc1ccc(C(F)(F)F)cc1)N(CCCN(C)C)Cc1ccc(C(=O)Nc2ccccc2N)nc1. The lowest BCUT2D eigenvalue weighted by molar-refractivity contribution is -0.137. The molecular weight excluding hydrogens is 481 g/mol. The maximum Gasteiger partial charge on any atom is 0.416 e. The normalized spacial score (nSPS) is 11.3. The summed E-state index contributed by atoms with van der Waals surface area (Å²) in [6, 6.07) is 15.2. The van der Waals surface area contributed by atoms with Gasteiger partial charge in [0.2, 0.25) is 0 Å². The molecular formula is C27H31F3N6O. The van der Waals surface area contributed by atoms with Crippen LogP contribution in [0.2, 0.25) is 0 Å². The quantitative estimate of drug-likeness (QED) is 0.304. The number of nitrogens with one attached hydrogen (secondary N) is 2. The number of anilines is 3. The Morgan fingerprint density at radius 1 is 1.00 bits per heavy atom. The molecule has 37 heavy (non-hydrogen) atoms. The van der Waals surface area contributed by atoms with Crippen LogP contribution in [0.3, 0.4) is 0 Å². The summed E-state index contributed by atoms with van der Waals surface area (Å²) in [4.78, 5) is 20.9. The summed E-state index contributed by atoms with van der Waals surface area (Å²) in [5, 5.41) is 5.84. The number of amides is 1. The number of halogens is 3. The fraction of sp³-hybridized carbons (Fsp3) is 0.259. The highest BCUT2D eigenvalue weighted by Gasteiger charge is 2.30. The summed E-state index contributed by atoms with van der Waals surface area (Å²) in [7, 11) is 3.97. The average molecular weight is 513 g/mol. The molecule has 0 fully saturated rings. The van der Waals surface area contributed by atoms with Crippen molar-refractivity contribution in [2.75, 3.05) is 43.6 Å². The molecule has 4 N–H and O–H groups in total. The first-order valence-corrected chi connectivity index (χ1v) is 11.7. The summed E-state index contributed by atoms with van der Waals surface area (Å²) in [5.41, 5.74) is 7.73. The predicted molar refractivity (Wildman–Crippen MR) is 141 cm³/mol. The number of alkyl halides is 3. The number of carbonyl (C=O) groups is 1. The predicted octanol–water partition coefficient (Wildman–Crippen LogP) is 5.27. The van der Waals surface area contributed by atoms with E-state index in [-0.39, 0.29) is 11.6 Å². The number of rotatable bonds is 11. The van der Waals surface area contributed by atoms with E-state index in [9.17, 15) is 18.0 Å². The van der Waals surface area contributed by atoms with Crippen molar-refractivity contribution in [3.05, 3.63) is 96.1 Å². The van der Waals surface area contributed by atoms with Gasteiger partial charge in [-0.25, -0.2) is 0 Å². The molecule has 0 saturated carbocycles. The lowest BCUT2D eigenvalue weighted by atomic mass is 10.2. The Morgan fingerprint density at radius 2 is 1.70 bits per heavy atom. The van der Waals surface area contributed by atoms with Gasteiger partial charge in [-0.05, 0) is 75.1 Å². The zero-order valence-electron chi connectivity index (χ0n) is 20.8. The molecule has 0 aliphatic carbocycles. The maximum atomic E-state index is 12.9. The molecule has 1 heterocycles. The number of para-hydroxylation sites is 2. The van der Waals surface area contributed by atoms with Crippen LogP contribution in [0.5, 0.6) is 0 Å². The number of aromatic nitrogens is 1. The number of carbonyl (C=O) groups excluding carboxylic acids is 1.